The van der Waals surface area contributed by atoms with Crippen molar-refractivity contribution in [1.82, 2.24) is 14.6 Å². The van der Waals surface area contributed by atoms with Crippen LogP contribution in [0.1, 0.15) is 23.3 Å². The van der Waals surface area contributed by atoms with Crippen LogP contribution in [-0.4, -0.2) is 43.2 Å². The summed E-state index contributed by atoms with van der Waals surface area (Å²) in [4.78, 5) is 17.2. The Balaban J connectivity index is 1.29. The van der Waals surface area contributed by atoms with Gasteiger partial charge < -0.3 is 5.32 Å². The maximum Gasteiger partial charge on any atom is 0.270 e. The summed E-state index contributed by atoms with van der Waals surface area (Å²) in [7, 11) is -3.46. The number of hydrogen-bond acceptors (Lipinski definition) is 5. The number of halogens is 1. The van der Waals surface area contributed by atoms with Crippen LogP contribution in [0.15, 0.2) is 64.9 Å². The fourth-order valence-corrected chi connectivity index (χ4v) is 5.95. The van der Waals surface area contributed by atoms with E-state index in [0.717, 1.165) is 10.6 Å². The van der Waals surface area contributed by atoms with Crippen LogP contribution in [-0.2, 0) is 10.0 Å². The fourth-order valence-electron chi connectivity index (χ4n) is 3.53. The molecule has 1 aliphatic heterocycles. The third-order valence-electron chi connectivity index (χ3n) is 5.33. The molecule has 0 atom stereocenters. The lowest BCUT2D eigenvalue weighted by Gasteiger charge is -2.31. The van der Waals surface area contributed by atoms with Crippen molar-refractivity contribution in [3.8, 4) is 10.6 Å². The first-order valence-electron chi connectivity index (χ1n) is 9.98. The molecule has 1 fully saturated rings. The Hall–Kier alpha value is -2.26. The molecule has 0 unspecified atom stereocenters. The molecule has 2 heterocycles. The molecule has 1 saturated heterocycles. The van der Waals surface area contributed by atoms with E-state index in [1.165, 1.54) is 15.6 Å². The molecule has 162 valence electrons. The van der Waals surface area contributed by atoms with Crippen molar-refractivity contribution in [2.24, 2.45) is 5.92 Å². The Morgan fingerprint density at radius 2 is 1.77 bits per heavy atom. The van der Waals surface area contributed by atoms with Crippen LogP contribution >= 0.6 is 22.9 Å². The number of nitrogens with zero attached hydrogens (tertiary/aromatic N) is 2. The van der Waals surface area contributed by atoms with Crippen molar-refractivity contribution in [3.05, 3.63) is 70.7 Å². The number of rotatable bonds is 6. The Morgan fingerprint density at radius 3 is 2.45 bits per heavy atom. The molecule has 0 aliphatic carbocycles. The molecule has 31 heavy (non-hydrogen) atoms. The average Bonchev–Trinajstić information content (AvgIpc) is 3.29. The summed E-state index contributed by atoms with van der Waals surface area (Å²) < 4.78 is 27.0. The quantitative estimate of drug-likeness (QED) is 0.576. The smallest absolute Gasteiger partial charge is 0.270 e. The molecule has 2 aromatic carbocycles. The number of carbonyl (C=O) groups is 1. The minimum absolute atomic E-state index is 0.212. The van der Waals surface area contributed by atoms with E-state index in [1.807, 2.05) is 12.1 Å². The van der Waals surface area contributed by atoms with E-state index in [4.69, 9.17) is 11.6 Å². The first kappa shape index (κ1) is 22.0. The number of hydrogen-bond donors (Lipinski definition) is 1. The molecule has 0 bridgehead atoms. The van der Waals surface area contributed by atoms with Gasteiger partial charge in [-0.1, -0.05) is 41.9 Å². The van der Waals surface area contributed by atoms with Gasteiger partial charge in [-0.3, -0.25) is 4.79 Å². The monoisotopic (exact) mass is 475 g/mol. The SMILES string of the molecule is O=C(NCC1CCN(S(=O)(=O)c2ccccc2)CC1)c1csc(-c2ccc(Cl)cc2)n1. The predicted molar refractivity (Wildman–Crippen MR) is 123 cm³/mol. The van der Waals surface area contributed by atoms with Crippen LogP contribution in [0.25, 0.3) is 10.6 Å². The van der Waals surface area contributed by atoms with E-state index in [2.05, 4.69) is 10.3 Å². The van der Waals surface area contributed by atoms with Gasteiger partial charge in [0.15, 0.2) is 0 Å². The topological polar surface area (TPSA) is 79.4 Å². The van der Waals surface area contributed by atoms with Gasteiger partial charge in [0.1, 0.15) is 10.7 Å². The number of benzene rings is 2. The molecular formula is C22H22ClN3O3S2. The molecule has 0 spiro atoms. The second kappa shape index (κ2) is 9.48. The normalized spacial score (nSPS) is 15.6. The summed E-state index contributed by atoms with van der Waals surface area (Å²) in [6.45, 7) is 1.41. The molecule has 1 aromatic heterocycles. The zero-order chi connectivity index (χ0) is 21.8. The van der Waals surface area contributed by atoms with E-state index < -0.39 is 10.0 Å². The summed E-state index contributed by atoms with van der Waals surface area (Å²) in [5.41, 5.74) is 1.31. The summed E-state index contributed by atoms with van der Waals surface area (Å²) in [6, 6.07) is 15.8. The van der Waals surface area contributed by atoms with Gasteiger partial charge in [0.25, 0.3) is 5.91 Å². The molecular weight excluding hydrogens is 454 g/mol. The Morgan fingerprint density at radius 1 is 1.10 bits per heavy atom. The van der Waals surface area contributed by atoms with Gasteiger partial charge in [0.05, 0.1) is 4.90 Å². The summed E-state index contributed by atoms with van der Waals surface area (Å²) in [5, 5.41) is 6.11. The van der Waals surface area contributed by atoms with Crippen molar-refractivity contribution in [2.75, 3.05) is 19.6 Å². The van der Waals surface area contributed by atoms with Crippen LogP contribution in [0.5, 0.6) is 0 Å². The number of amides is 1. The highest BCUT2D eigenvalue weighted by molar-refractivity contribution is 7.89. The third-order valence-corrected chi connectivity index (χ3v) is 8.39. The van der Waals surface area contributed by atoms with Gasteiger partial charge in [-0.05, 0) is 43.0 Å². The Labute approximate surface area is 190 Å². The van der Waals surface area contributed by atoms with Crippen molar-refractivity contribution >= 4 is 38.9 Å². The highest BCUT2D eigenvalue weighted by Crippen LogP contribution is 2.26. The third kappa shape index (κ3) is 5.15. The lowest BCUT2D eigenvalue weighted by molar-refractivity contribution is 0.0937. The minimum atomic E-state index is -3.46. The summed E-state index contributed by atoms with van der Waals surface area (Å²) >= 11 is 7.33. The van der Waals surface area contributed by atoms with E-state index in [1.54, 1.807) is 47.8 Å². The lowest BCUT2D eigenvalue weighted by Crippen LogP contribution is -2.41. The highest BCUT2D eigenvalue weighted by Gasteiger charge is 2.29. The zero-order valence-electron chi connectivity index (χ0n) is 16.7. The Kier molecular flexibility index (Phi) is 6.71. The minimum Gasteiger partial charge on any atom is -0.350 e. The van der Waals surface area contributed by atoms with Gasteiger partial charge >= 0.3 is 0 Å². The molecule has 4 rings (SSSR count). The number of piperidine rings is 1. The molecule has 0 radical (unpaired) electrons. The maximum atomic E-state index is 12.7. The number of carbonyl (C=O) groups excluding carboxylic acids is 1. The van der Waals surface area contributed by atoms with Crippen LogP contribution in [0.2, 0.25) is 5.02 Å². The highest BCUT2D eigenvalue weighted by atomic mass is 35.5. The van der Waals surface area contributed by atoms with Crippen molar-refractivity contribution in [3.63, 3.8) is 0 Å². The molecule has 1 aliphatic rings. The van der Waals surface area contributed by atoms with Crippen molar-refractivity contribution in [1.29, 1.82) is 0 Å². The first-order chi connectivity index (χ1) is 14.9. The molecule has 6 nitrogen and oxygen atoms in total. The Bertz CT molecular complexity index is 1140. The van der Waals surface area contributed by atoms with Crippen LogP contribution in [0.3, 0.4) is 0 Å². The number of aromatic nitrogens is 1. The fraction of sp³-hybridized carbons (Fsp3) is 0.273. The van der Waals surface area contributed by atoms with Gasteiger partial charge in [0.2, 0.25) is 10.0 Å². The maximum absolute atomic E-state index is 12.7. The van der Waals surface area contributed by atoms with Gasteiger partial charge in [-0.2, -0.15) is 4.31 Å². The molecule has 9 heteroatoms. The van der Waals surface area contributed by atoms with Crippen LogP contribution in [0.4, 0.5) is 0 Å². The van der Waals surface area contributed by atoms with E-state index in [0.29, 0.717) is 48.1 Å². The second-order valence-corrected chi connectivity index (χ2v) is 10.6. The predicted octanol–water partition coefficient (Wildman–Crippen LogP) is 4.29. The second-order valence-electron chi connectivity index (χ2n) is 7.42. The molecule has 0 saturated carbocycles. The van der Waals surface area contributed by atoms with E-state index >= 15 is 0 Å². The number of thiazole rings is 1. The number of nitrogens with one attached hydrogen (secondary N) is 1. The summed E-state index contributed by atoms with van der Waals surface area (Å²) in [5.74, 6) is 0.0244. The lowest BCUT2D eigenvalue weighted by atomic mass is 9.98. The van der Waals surface area contributed by atoms with E-state index in [9.17, 15) is 13.2 Å². The largest absolute Gasteiger partial charge is 0.350 e. The number of sulfonamides is 1. The summed E-state index contributed by atoms with van der Waals surface area (Å²) in [6.07, 6.45) is 1.42. The van der Waals surface area contributed by atoms with Crippen molar-refractivity contribution < 1.29 is 13.2 Å². The zero-order valence-corrected chi connectivity index (χ0v) is 19.1. The molecule has 3 aromatic rings. The van der Waals surface area contributed by atoms with Gasteiger partial charge in [-0.25, -0.2) is 13.4 Å². The average molecular weight is 476 g/mol. The molecule has 1 amide bonds. The van der Waals surface area contributed by atoms with Gasteiger partial charge in [0, 0.05) is 35.6 Å². The van der Waals surface area contributed by atoms with Crippen LogP contribution < -0.4 is 5.32 Å². The first-order valence-corrected chi connectivity index (χ1v) is 12.7. The standard InChI is InChI=1S/C22H22ClN3O3S2/c23-18-8-6-17(7-9-18)22-25-20(15-30-22)21(27)24-14-16-10-12-26(13-11-16)31(28,29)19-4-2-1-3-5-19/h1-9,15-16H,10-14H2,(H,24,27). The van der Waals surface area contributed by atoms with E-state index in [-0.39, 0.29) is 11.8 Å². The van der Waals surface area contributed by atoms with Crippen molar-refractivity contribution in [2.45, 2.75) is 17.7 Å². The van der Waals surface area contributed by atoms with Gasteiger partial charge in [-0.15, -0.1) is 11.3 Å². The molecule has 1 N–H and O–H groups in total. The van der Waals surface area contributed by atoms with Crippen LogP contribution in [0, 0.1) is 5.92 Å².